The molecular formula is C11H17N2O8P. The van der Waals surface area contributed by atoms with Gasteiger partial charge in [-0.05, 0) is 6.42 Å². The molecule has 1 aromatic heterocycles. The van der Waals surface area contributed by atoms with Crippen molar-refractivity contribution in [1.82, 2.24) is 9.55 Å². The van der Waals surface area contributed by atoms with E-state index in [0.717, 1.165) is 10.6 Å². The fourth-order valence-corrected chi connectivity index (χ4v) is 2.95. The third-order valence-electron chi connectivity index (χ3n) is 3.42. The van der Waals surface area contributed by atoms with E-state index in [1.807, 2.05) is 0 Å². The van der Waals surface area contributed by atoms with Gasteiger partial charge in [-0.2, -0.15) is 0 Å². The van der Waals surface area contributed by atoms with Crippen LogP contribution >= 0.6 is 7.60 Å². The summed E-state index contributed by atoms with van der Waals surface area (Å²) in [4.78, 5) is 42.7. The highest BCUT2D eigenvalue weighted by atomic mass is 31.2. The molecule has 2 rings (SSSR count). The van der Waals surface area contributed by atoms with E-state index in [1.165, 1.54) is 13.3 Å². The fourth-order valence-electron chi connectivity index (χ4n) is 2.36. The maximum atomic E-state index is 11.8. The first-order chi connectivity index (χ1) is 10.2. The van der Waals surface area contributed by atoms with Crippen LogP contribution in [0, 0.1) is 0 Å². The molecule has 4 N–H and O–H groups in total. The van der Waals surface area contributed by atoms with Crippen molar-refractivity contribution in [2.24, 2.45) is 0 Å². The van der Waals surface area contributed by atoms with E-state index in [1.54, 1.807) is 0 Å². The van der Waals surface area contributed by atoms with E-state index in [9.17, 15) is 19.3 Å². The van der Waals surface area contributed by atoms with Crippen LogP contribution in [-0.2, 0) is 14.0 Å². The second-order valence-corrected chi connectivity index (χ2v) is 6.73. The molecule has 11 heteroatoms. The molecule has 0 unspecified atom stereocenters. The zero-order valence-electron chi connectivity index (χ0n) is 11.7. The van der Waals surface area contributed by atoms with Crippen molar-refractivity contribution in [2.75, 3.05) is 13.3 Å². The van der Waals surface area contributed by atoms with Crippen LogP contribution in [0.4, 0.5) is 0 Å². The van der Waals surface area contributed by atoms with Gasteiger partial charge < -0.3 is 24.4 Å². The normalized spacial score (nSPS) is 28.9. The molecule has 10 nitrogen and oxygen atoms in total. The number of hydrogen-bond donors (Lipinski definition) is 4. The van der Waals surface area contributed by atoms with Crippen molar-refractivity contribution in [3.63, 3.8) is 0 Å². The summed E-state index contributed by atoms with van der Waals surface area (Å²) < 4.78 is 22.6. The Balaban J connectivity index is 2.23. The fraction of sp³-hybridized carbons (Fsp3) is 0.636. The second-order valence-electron chi connectivity index (χ2n) is 4.95. The Labute approximate surface area is 124 Å². The van der Waals surface area contributed by atoms with Crippen LogP contribution in [-0.4, -0.2) is 56.0 Å². The molecule has 0 spiro atoms. The quantitative estimate of drug-likeness (QED) is 0.468. The van der Waals surface area contributed by atoms with Gasteiger partial charge in [0.25, 0.3) is 5.56 Å². The third-order valence-corrected chi connectivity index (χ3v) is 4.26. The van der Waals surface area contributed by atoms with Crippen LogP contribution in [0.1, 0.15) is 12.6 Å². The van der Waals surface area contributed by atoms with Gasteiger partial charge in [-0.25, -0.2) is 4.79 Å². The molecule has 1 aliphatic rings. The summed E-state index contributed by atoms with van der Waals surface area (Å²) in [7, 11) is -2.92. The highest BCUT2D eigenvalue weighted by molar-refractivity contribution is 7.51. The molecule has 0 radical (unpaired) electrons. The average Bonchev–Trinajstić information content (AvgIpc) is 2.72. The van der Waals surface area contributed by atoms with Gasteiger partial charge in [0.2, 0.25) is 0 Å². The Kier molecular flexibility index (Phi) is 5.00. The second kappa shape index (κ2) is 6.45. The summed E-state index contributed by atoms with van der Waals surface area (Å²) in [6.45, 7) is 0. The van der Waals surface area contributed by atoms with Crippen molar-refractivity contribution < 1.29 is 28.9 Å². The number of nitrogens with one attached hydrogen (secondary N) is 1. The predicted octanol–water partition coefficient (Wildman–Crippen LogP) is -1.62. The van der Waals surface area contributed by atoms with Crippen molar-refractivity contribution >= 4 is 7.60 Å². The van der Waals surface area contributed by atoms with Crippen LogP contribution in [0.15, 0.2) is 21.9 Å². The maximum absolute atomic E-state index is 11.8. The van der Waals surface area contributed by atoms with E-state index in [-0.39, 0.29) is 6.42 Å². The molecule has 0 aromatic carbocycles. The smallest absolute Gasteiger partial charge is 0.330 e. The van der Waals surface area contributed by atoms with Gasteiger partial charge >= 0.3 is 13.3 Å². The lowest BCUT2D eigenvalue weighted by Gasteiger charge is -2.20. The standard InChI is InChI=1S/C11H17N2O8P/c1-20-9-8(15)6(3-5-22(17,18)19)21-10(9)13-4-2-7(14)12-11(13)16/h2,4,6,8-10,15H,3,5H2,1H3,(H,12,14,16)(H2,17,18,19)/t6-,8-,9-,10-/m1/s1. The largest absolute Gasteiger partial charge is 0.388 e. The topological polar surface area (TPSA) is 151 Å². The number of aliphatic hydroxyl groups is 1. The molecule has 0 amide bonds. The number of aromatic nitrogens is 2. The van der Waals surface area contributed by atoms with Crippen LogP contribution in [0.25, 0.3) is 0 Å². The summed E-state index contributed by atoms with van der Waals surface area (Å²) in [6.07, 6.45) is -3.34. The van der Waals surface area contributed by atoms with Crippen LogP contribution < -0.4 is 11.2 Å². The van der Waals surface area contributed by atoms with Gasteiger partial charge in [-0.3, -0.25) is 18.9 Å². The Bertz CT molecular complexity index is 679. The third kappa shape index (κ3) is 3.72. The number of nitrogens with zero attached hydrogens (tertiary/aromatic N) is 1. The molecule has 1 aliphatic heterocycles. The van der Waals surface area contributed by atoms with Crippen molar-refractivity contribution in [1.29, 1.82) is 0 Å². The molecule has 124 valence electrons. The molecule has 1 saturated heterocycles. The first kappa shape index (κ1) is 17.1. The van der Waals surface area contributed by atoms with Crippen LogP contribution in [0.2, 0.25) is 0 Å². The van der Waals surface area contributed by atoms with Gasteiger partial charge in [-0.15, -0.1) is 0 Å². The highest BCUT2D eigenvalue weighted by Gasteiger charge is 2.45. The van der Waals surface area contributed by atoms with Crippen LogP contribution in [0.5, 0.6) is 0 Å². The van der Waals surface area contributed by atoms with Gasteiger partial charge in [0.1, 0.15) is 12.2 Å². The van der Waals surface area contributed by atoms with Gasteiger partial charge in [0.15, 0.2) is 6.23 Å². The van der Waals surface area contributed by atoms with Gasteiger partial charge in [0, 0.05) is 19.4 Å². The Hall–Kier alpha value is -1.29. The minimum absolute atomic E-state index is 0.0973. The lowest BCUT2D eigenvalue weighted by Crippen LogP contribution is -2.38. The van der Waals surface area contributed by atoms with Crippen molar-refractivity contribution in [2.45, 2.75) is 31.0 Å². The predicted molar refractivity (Wildman–Crippen MR) is 73.6 cm³/mol. The van der Waals surface area contributed by atoms with E-state index >= 15 is 0 Å². The summed E-state index contributed by atoms with van der Waals surface area (Å²) in [5.74, 6) is 0. The summed E-state index contributed by atoms with van der Waals surface area (Å²) in [5, 5.41) is 10.1. The first-order valence-electron chi connectivity index (χ1n) is 6.45. The lowest BCUT2D eigenvalue weighted by molar-refractivity contribution is -0.0542. The number of ether oxygens (including phenoxy) is 2. The minimum atomic E-state index is -4.23. The molecule has 1 fully saturated rings. The lowest BCUT2D eigenvalue weighted by atomic mass is 10.1. The highest BCUT2D eigenvalue weighted by Crippen LogP contribution is 2.39. The minimum Gasteiger partial charge on any atom is -0.388 e. The molecule has 0 bridgehead atoms. The molecule has 1 aromatic rings. The molecule has 0 aliphatic carbocycles. The maximum Gasteiger partial charge on any atom is 0.330 e. The number of hydrogen-bond acceptors (Lipinski definition) is 6. The summed E-state index contributed by atoms with van der Waals surface area (Å²) >= 11 is 0. The number of H-pyrrole nitrogens is 1. The number of aliphatic hydroxyl groups excluding tert-OH is 1. The Morgan fingerprint density at radius 2 is 2.14 bits per heavy atom. The van der Waals surface area contributed by atoms with Crippen molar-refractivity contribution in [3.05, 3.63) is 33.1 Å². The Morgan fingerprint density at radius 1 is 1.45 bits per heavy atom. The van der Waals surface area contributed by atoms with E-state index < -0.39 is 49.5 Å². The number of methoxy groups -OCH3 is 1. The average molecular weight is 336 g/mol. The van der Waals surface area contributed by atoms with Crippen molar-refractivity contribution in [3.8, 4) is 0 Å². The monoisotopic (exact) mass is 336 g/mol. The molecule has 2 heterocycles. The first-order valence-corrected chi connectivity index (χ1v) is 8.25. The van der Waals surface area contributed by atoms with Gasteiger partial charge in [-0.1, -0.05) is 0 Å². The molecular weight excluding hydrogens is 319 g/mol. The molecule has 0 saturated carbocycles. The zero-order valence-corrected chi connectivity index (χ0v) is 12.6. The van der Waals surface area contributed by atoms with E-state index in [4.69, 9.17) is 19.3 Å². The zero-order chi connectivity index (χ0) is 16.5. The number of rotatable bonds is 5. The Morgan fingerprint density at radius 3 is 2.68 bits per heavy atom. The number of aromatic amines is 1. The molecule has 4 atom stereocenters. The van der Waals surface area contributed by atoms with E-state index in [0.29, 0.717) is 0 Å². The van der Waals surface area contributed by atoms with Gasteiger partial charge in [0.05, 0.1) is 12.3 Å². The van der Waals surface area contributed by atoms with E-state index in [2.05, 4.69) is 4.98 Å². The summed E-state index contributed by atoms with van der Waals surface area (Å²) in [6, 6.07) is 1.12. The molecule has 22 heavy (non-hydrogen) atoms. The summed E-state index contributed by atoms with van der Waals surface area (Å²) in [5.41, 5.74) is -1.31. The SMILES string of the molecule is CO[C@@H]1[C@H](O)[C@@H](CCP(=O)(O)O)O[C@H]1n1ccc(=O)[nH]c1=O. The van der Waals surface area contributed by atoms with Crippen LogP contribution in [0.3, 0.4) is 0 Å².